The van der Waals surface area contributed by atoms with Crippen molar-refractivity contribution in [3.8, 4) is 0 Å². The molecule has 2 aliphatic rings. The highest BCUT2D eigenvalue weighted by molar-refractivity contribution is 7.91. The van der Waals surface area contributed by atoms with Gasteiger partial charge in [-0.25, -0.2) is 22.8 Å². The molecule has 1 aliphatic heterocycles. The van der Waals surface area contributed by atoms with Crippen molar-refractivity contribution in [1.82, 2.24) is 19.7 Å². The third-order valence-corrected chi connectivity index (χ3v) is 9.38. The molecule has 0 radical (unpaired) electrons. The minimum Gasteiger partial charge on any atom is -0.445 e. The molecule has 3 N–H and O–H groups in total. The Morgan fingerprint density at radius 2 is 1.95 bits per heavy atom. The summed E-state index contributed by atoms with van der Waals surface area (Å²) in [5.41, 5.74) is 0.180. The number of carbonyl (C=O) groups excluding carboxylic acids is 1. The number of anilines is 2. The van der Waals surface area contributed by atoms with Gasteiger partial charge in [0.15, 0.2) is 21.3 Å². The number of rotatable bonds is 11. The first-order chi connectivity index (χ1) is 20.1. The second kappa shape index (κ2) is 13.6. The predicted octanol–water partition coefficient (Wildman–Crippen LogP) is 2.48. The highest BCUT2D eigenvalue weighted by Crippen LogP contribution is 2.35. The molecule has 1 saturated heterocycles. The van der Waals surface area contributed by atoms with Crippen molar-refractivity contribution in [2.45, 2.75) is 57.3 Å². The number of morpholine rings is 1. The number of nitrogens with one attached hydrogen (secondary N) is 1. The first kappa shape index (κ1) is 33.3. The summed E-state index contributed by atoms with van der Waals surface area (Å²) in [5.74, 6) is -0.824. The van der Waals surface area contributed by atoms with Crippen molar-refractivity contribution in [1.29, 1.82) is 0 Å². The maximum atomic E-state index is 12.9. The molecule has 2 fully saturated rings. The first-order valence-corrected chi connectivity index (χ1v) is 17.0. The lowest BCUT2D eigenvalue weighted by atomic mass is 9.87. The number of fused-ring (bicyclic) bond motifs is 1. The van der Waals surface area contributed by atoms with Gasteiger partial charge in [-0.2, -0.15) is 18.2 Å². The van der Waals surface area contributed by atoms with E-state index < -0.39 is 55.3 Å². The Kier molecular flexibility index (Phi) is 10.5. The van der Waals surface area contributed by atoms with Crippen LogP contribution in [0.4, 0.5) is 29.7 Å². The Morgan fingerprint density at radius 1 is 1.23 bits per heavy atom. The smallest absolute Gasteiger partial charge is 0.445 e. The minimum atomic E-state index is -4.73. The second-order valence-electron chi connectivity index (χ2n) is 10.6. The molecule has 2 aromatic rings. The number of carbonyl (C=O) groups is 1. The third kappa shape index (κ3) is 9.97. The average Bonchev–Trinajstić information content (AvgIpc) is 3.29. The fraction of sp³-hybridized carbons (Fsp3) is 0.739. The molecule has 242 valence electrons. The number of halogens is 3. The van der Waals surface area contributed by atoms with E-state index >= 15 is 0 Å². The van der Waals surface area contributed by atoms with Crippen LogP contribution in [-0.4, -0.2) is 107 Å². The summed E-state index contributed by atoms with van der Waals surface area (Å²) in [6, 6.07) is -0.104. The van der Waals surface area contributed by atoms with E-state index in [0.717, 1.165) is 4.68 Å². The molecule has 20 heteroatoms. The molecular weight excluding hydrogens is 624 g/mol. The van der Waals surface area contributed by atoms with E-state index in [-0.39, 0.29) is 35.4 Å². The maximum Gasteiger partial charge on any atom is 0.469 e. The normalized spacial score (nSPS) is 22.1. The predicted molar refractivity (Wildman–Crippen MR) is 146 cm³/mol. The molecule has 3 heterocycles. The molecule has 2 aromatic heterocycles. The zero-order valence-corrected chi connectivity index (χ0v) is 25.0. The molecule has 0 amide bonds. The number of aromatic nitrogens is 4. The van der Waals surface area contributed by atoms with Gasteiger partial charge in [-0.1, -0.05) is 0 Å². The van der Waals surface area contributed by atoms with Gasteiger partial charge in [0.1, 0.15) is 6.61 Å². The van der Waals surface area contributed by atoms with E-state index in [9.17, 15) is 30.9 Å². The Morgan fingerprint density at radius 3 is 2.60 bits per heavy atom. The van der Waals surface area contributed by atoms with Gasteiger partial charge in [0, 0.05) is 25.3 Å². The molecule has 1 atom stereocenters. The van der Waals surface area contributed by atoms with Gasteiger partial charge in [-0.3, -0.25) is 4.52 Å². The number of hydrogen-bond acceptors (Lipinski definition) is 12. The van der Waals surface area contributed by atoms with Crippen LogP contribution in [0.25, 0.3) is 11.0 Å². The number of hydrogen-bond donors (Lipinski definition) is 3. The van der Waals surface area contributed by atoms with Gasteiger partial charge in [-0.05, 0) is 38.5 Å². The molecule has 1 saturated carbocycles. The van der Waals surface area contributed by atoms with Crippen molar-refractivity contribution in [3.05, 3.63) is 6.20 Å². The average molecular weight is 659 g/mol. The highest BCUT2D eigenvalue weighted by atomic mass is 32.2. The van der Waals surface area contributed by atoms with Crippen LogP contribution in [0.15, 0.2) is 6.20 Å². The van der Waals surface area contributed by atoms with Crippen LogP contribution < -0.4 is 10.2 Å². The summed E-state index contributed by atoms with van der Waals surface area (Å²) < 4.78 is 88.5. The Balaban J connectivity index is 1.42. The number of alkyl halides is 3. The van der Waals surface area contributed by atoms with E-state index in [1.807, 2.05) is 11.8 Å². The van der Waals surface area contributed by atoms with Crippen LogP contribution in [0.5, 0.6) is 0 Å². The van der Waals surface area contributed by atoms with E-state index in [1.54, 1.807) is 0 Å². The van der Waals surface area contributed by atoms with Crippen molar-refractivity contribution in [2.24, 2.45) is 5.92 Å². The van der Waals surface area contributed by atoms with Crippen LogP contribution >= 0.6 is 7.82 Å². The van der Waals surface area contributed by atoms with E-state index in [2.05, 4.69) is 24.9 Å². The fourth-order valence-electron chi connectivity index (χ4n) is 5.09. The highest BCUT2D eigenvalue weighted by Gasteiger charge is 2.32. The largest absolute Gasteiger partial charge is 0.469 e. The Hall–Kier alpha value is -2.57. The molecule has 15 nitrogen and oxygen atoms in total. The lowest BCUT2D eigenvalue weighted by molar-refractivity contribution is -0.129. The van der Waals surface area contributed by atoms with E-state index in [1.165, 1.54) is 6.20 Å². The van der Waals surface area contributed by atoms with Gasteiger partial charge in [0.25, 0.3) is 0 Å². The van der Waals surface area contributed by atoms with Gasteiger partial charge in [0.05, 0.1) is 42.6 Å². The summed E-state index contributed by atoms with van der Waals surface area (Å²) in [6.07, 6.45) is -3.27. The Labute approximate surface area is 245 Å². The topological polar surface area (TPSA) is 195 Å². The standard InChI is InChI=1S/C23H34F3N6O9PS/c1-15-13-31(7-8-39-15)20-18-12-27-21(29-19(18)30-32(20)22(33)40-9-10-41-42(34,35)36)28-17-4-2-16(3-5-17)14-43(37,38)11-6-23(24,25)26/h12,15-17H,2-11,13-14H2,1H3,(H,28,29,30)(H2,34,35,36)/t15-,16?,17?/m0/s1. The summed E-state index contributed by atoms with van der Waals surface area (Å²) in [5, 5.41) is 7.96. The van der Waals surface area contributed by atoms with Crippen molar-refractivity contribution in [3.63, 3.8) is 0 Å². The zero-order chi connectivity index (χ0) is 31.4. The molecule has 0 aromatic carbocycles. The van der Waals surface area contributed by atoms with Crippen molar-refractivity contribution < 1.29 is 54.7 Å². The molecule has 4 rings (SSSR count). The lowest BCUT2D eigenvalue weighted by Crippen LogP contribution is -2.42. The lowest BCUT2D eigenvalue weighted by Gasteiger charge is -2.32. The molecule has 1 aliphatic carbocycles. The van der Waals surface area contributed by atoms with Gasteiger partial charge in [-0.15, -0.1) is 9.78 Å². The summed E-state index contributed by atoms with van der Waals surface area (Å²) in [6.45, 7) is 2.17. The van der Waals surface area contributed by atoms with Crippen LogP contribution in [0.1, 0.15) is 39.0 Å². The number of phosphoric ester groups is 1. The van der Waals surface area contributed by atoms with E-state index in [4.69, 9.17) is 19.3 Å². The van der Waals surface area contributed by atoms with Crippen LogP contribution in [-0.2, 0) is 28.4 Å². The van der Waals surface area contributed by atoms with Crippen LogP contribution in [0.3, 0.4) is 0 Å². The van der Waals surface area contributed by atoms with Crippen molar-refractivity contribution in [2.75, 3.05) is 54.6 Å². The SMILES string of the molecule is C[C@H]1CN(c2c3cnc(NC4CCC(CS(=O)(=O)CCC(F)(F)F)CC4)nc3nn2C(=O)OCCOP(=O)(O)O)CCO1. The number of ether oxygens (including phenoxy) is 2. The molecule has 0 spiro atoms. The Bertz CT molecular complexity index is 1430. The monoisotopic (exact) mass is 658 g/mol. The van der Waals surface area contributed by atoms with Crippen LogP contribution in [0, 0.1) is 5.92 Å². The van der Waals surface area contributed by atoms with Crippen LogP contribution in [0.2, 0.25) is 0 Å². The van der Waals surface area contributed by atoms with Gasteiger partial charge in [0.2, 0.25) is 5.95 Å². The first-order valence-electron chi connectivity index (χ1n) is 13.6. The van der Waals surface area contributed by atoms with Gasteiger partial charge >= 0.3 is 20.1 Å². The minimum absolute atomic E-state index is 0.104. The quantitative estimate of drug-likeness (QED) is 0.235. The molecule has 43 heavy (non-hydrogen) atoms. The zero-order valence-electron chi connectivity index (χ0n) is 23.3. The molecule has 0 unspecified atom stereocenters. The summed E-state index contributed by atoms with van der Waals surface area (Å²) in [7, 11) is -8.55. The van der Waals surface area contributed by atoms with Gasteiger partial charge < -0.3 is 29.5 Å². The second-order valence-corrected chi connectivity index (χ2v) is 14.0. The number of nitrogens with zero attached hydrogens (tertiary/aromatic N) is 5. The number of phosphoric acid groups is 1. The fourth-order valence-corrected chi connectivity index (χ4v) is 7.16. The maximum absolute atomic E-state index is 12.9. The molecule has 0 bridgehead atoms. The number of sulfone groups is 1. The van der Waals surface area contributed by atoms with Crippen molar-refractivity contribution >= 4 is 46.6 Å². The van der Waals surface area contributed by atoms with E-state index in [0.29, 0.717) is 56.6 Å². The third-order valence-electron chi connectivity index (χ3n) is 7.05. The summed E-state index contributed by atoms with van der Waals surface area (Å²) >= 11 is 0. The molecular formula is C23H34F3N6O9PS. The summed E-state index contributed by atoms with van der Waals surface area (Å²) in [4.78, 5) is 41.2.